The van der Waals surface area contributed by atoms with Gasteiger partial charge in [-0.15, -0.1) is 0 Å². The van der Waals surface area contributed by atoms with Crippen LogP contribution in [-0.4, -0.2) is 61.7 Å². The Balaban J connectivity index is 1.74. The molecule has 17 heavy (non-hydrogen) atoms. The molecule has 100 valence electrons. The van der Waals surface area contributed by atoms with Crippen LogP contribution in [0.4, 0.5) is 0 Å². The second-order valence-electron chi connectivity index (χ2n) is 5.93. The smallest absolute Gasteiger partial charge is 0.0221 e. The maximum atomic E-state index is 3.64. The van der Waals surface area contributed by atoms with Gasteiger partial charge >= 0.3 is 0 Å². The van der Waals surface area contributed by atoms with Gasteiger partial charge in [-0.25, -0.2) is 0 Å². The van der Waals surface area contributed by atoms with Gasteiger partial charge < -0.3 is 15.1 Å². The summed E-state index contributed by atoms with van der Waals surface area (Å²) in [7, 11) is 2.32. The van der Waals surface area contributed by atoms with Crippen molar-refractivity contribution in [3.8, 4) is 0 Å². The highest BCUT2D eigenvalue weighted by atomic mass is 15.2. The molecule has 0 aromatic rings. The highest BCUT2D eigenvalue weighted by Gasteiger charge is 2.27. The number of rotatable bonds is 4. The van der Waals surface area contributed by atoms with Gasteiger partial charge in [-0.3, -0.25) is 0 Å². The Labute approximate surface area is 107 Å². The molecule has 0 aliphatic carbocycles. The van der Waals surface area contributed by atoms with E-state index in [9.17, 15) is 0 Å². The van der Waals surface area contributed by atoms with Gasteiger partial charge in [0.25, 0.3) is 0 Å². The Kier molecular flexibility index (Phi) is 4.83. The van der Waals surface area contributed by atoms with Gasteiger partial charge in [0.1, 0.15) is 0 Å². The molecule has 2 aliphatic rings. The zero-order valence-corrected chi connectivity index (χ0v) is 11.8. The zero-order valence-electron chi connectivity index (χ0n) is 11.8. The minimum atomic E-state index is 0.726. The summed E-state index contributed by atoms with van der Waals surface area (Å²) < 4.78 is 0. The topological polar surface area (TPSA) is 18.5 Å². The Morgan fingerprint density at radius 1 is 1.24 bits per heavy atom. The Bertz CT molecular complexity index is 224. The summed E-state index contributed by atoms with van der Waals surface area (Å²) >= 11 is 0. The predicted octanol–water partition coefficient (Wildman–Crippen LogP) is 1.40. The molecule has 0 amide bonds. The van der Waals surface area contributed by atoms with E-state index in [1.807, 2.05) is 0 Å². The molecule has 1 N–H and O–H groups in total. The molecule has 0 aromatic heterocycles. The molecule has 2 rings (SSSR count). The molecule has 2 saturated heterocycles. The maximum absolute atomic E-state index is 3.64. The first-order valence-corrected chi connectivity index (χ1v) is 7.36. The van der Waals surface area contributed by atoms with Crippen LogP contribution in [-0.2, 0) is 0 Å². The normalized spacial score (nSPS) is 32.5. The molecular weight excluding hydrogens is 210 g/mol. The third kappa shape index (κ3) is 3.43. The average Bonchev–Trinajstić information content (AvgIpc) is 2.75. The van der Waals surface area contributed by atoms with E-state index in [-0.39, 0.29) is 0 Å². The minimum absolute atomic E-state index is 0.726. The summed E-state index contributed by atoms with van der Waals surface area (Å²) in [5.41, 5.74) is 0. The second-order valence-corrected chi connectivity index (χ2v) is 5.93. The van der Waals surface area contributed by atoms with Crippen LogP contribution in [0.1, 0.15) is 33.1 Å². The van der Waals surface area contributed by atoms with E-state index >= 15 is 0 Å². The van der Waals surface area contributed by atoms with Crippen LogP contribution in [0.15, 0.2) is 0 Å². The van der Waals surface area contributed by atoms with Crippen molar-refractivity contribution < 1.29 is 0 Å². The molecule has 2 atom stereocenters. The third-order valence-corrected chi connectivity index (χ3v) is 4.81. The SMILES string of the molecule is CCN1CCC(N(C)CC2NCCC2C)CC1. The van der Waals surface area contributed by atoms with Crippen LogP contribution in [0.3, 0.4) is 0 Å². The van der Waals surface area contributed by atoms with Crippen molar-refractivity contribution in [2.24, 2.45) is 5.92 Å². The fourth-order valence-electron chi connectivity index (χ4n) is 3.28. The van der Waals surface area contributed by atoms with Crippen LogP contribution in [0, 0.1) is 5.92 Å². The van der Waals surface area contributed by atoms with Crippen LogP contribution in [0.2, 0.25) is 0 Å². The number of likely N-dealkylation sites (N-methyl/N-ethyl adjacent to an activating group) is 1. The number of likely N-dealkylation sites (tertiary alicyclic amines) is 1. The van der Waals surface area contributed by atoms with Crippen molar-refractivity contribution in [3.05, 3.63) is 0 Å². The van der Waals surface area contributed by atoms with Gasteiger partial charge in [0.05, 0.1) is 0 Å². The Hall–Kier alpha value is -0.120. The standard InChI is InChI=1S/C14H29N3/c1-4-17-9-6-13(7-10-17)16(3)11-14-12(2)5-8-15-14/h12-15H,4-11H2,1-3H3. The Morgan fingerprint density at radius 3 is 2.47 bits per heavy atom. The van der Waals surface area contributed by atoms with Crippen molar-refractivity contribution in [2.45, 2.75) is 45.2 Å². The lowest BCUT2D eigenvalue weighted by molar-refractivity contribution is 0.121. The van der Waals surface area contributed by atoms with E-state index < -0.39 is 0 Å². The number of nitrogens with zero attached hydrogens (tertiary/aromatic N) is 2. The molecule has 0 saturated carbocycles. The minimum Gasteiger partial charge on any atom is -0.312 e. The Morgan fingerprint density at radius 2 is 1.94 bits per heavy atom. The molecule has 2 unspecified atom stereocenters. The number of nitrogens with one attached hydrogen (secondary N) is 1. The van der Waals surface area contributed by atoms with Gasteiger partial charge in [0.2, 0.25) is 0 Å². The first-order chi connectivity index (χ1) is 8.20. The lowest BCUT2D eigenvalue weighted by atomic mass is 9.99. The fourth-order valence-corrected chi connectivity index (χ4v) is 3.28. The predicted molar refractivity (Wildman–Crippen MR) is 73.3 cm³/mol. The molecule has 2 heterocycles. The van der Waals surface area contributed by atoms with Gasteiger partial charge in [0.15, 0.2) is 0 Å². The molecule has 2 aliphatic heterocycles. The van der Waals surface area contributed by atoms with Gasteiger partial charge in [0, 0.05) is 18.6 Å². The van der Waals surface area contributed by atoms with E-state index in [0.29, 0.717) is 0 Å². The number of hydrogen-bond acceptors (Lipinski definition) is 3. The van der Waals surface area contributed by atoms with Crippen LogP contribution >= 0.6 is 0 Å². The fraction of sp³-hybridized carbons (Fsp3) is 1.00. The van der Waals surface area contributed by atoms with E-state index in [0.717, 1.165) is 18.0 Å². The van der Waals surface area contributed by atoms with Crippen LogP contribution in [0.25, 0.3) is 0 Å². The van der Waals surface area contributed by atoms with Crippen molar-refractivity contribution in [1.82, 2.24) is 15.1 Å². The molecule has 3 nitrogen and oxygen atoms in total. The average molecular weight is 239 g/mol. The summed E-state index contributed by atoms with van der Waals surface area (Å²) in [6.07, 6.45) is 4.06. The highest BCUT2D eigenvalue weighted by molar-refractivity contribution is 4.86. The van der Waals surface area contributed by atoms with E-state index in [2.05, 4.69) is 36.0 Å². The van der Waals surface area contributed by atoms with Crippen LogP contribution in [0.5, 0.6) is 0 Å². The zero-order chi connectivity index (χ0) is 12.3. The molecule has 0 bridgehead atoms. The summed E-state index contributed by atoms with van der Waals surface area (Å²) in [4.78, 5) is 5.17. The number of piperidine rings is 1. The van der Waals surface area contributed by atoms with Crippen molar-refractivity contribution in [1.29, 1.82) is 0 Å². The summed E-state index contributed by atoms with van der Waals surface area (Å²) in [5, 5.41) is 3.64. The monoisotopic (exact) mass is 239 g/mol. The van der Waals surface area contributed by atoms with E-state index in [1.165, 1.54) is 52.0 Å². The molecule has 3 heteroatoms. The van der Waals surface area contributed by atoms with Crippen molar-refractivity contribution >= 4 is 0 Å². The molecule has 0 spiro atoms. The lowest BCUT2D eigenvalue weighted by Gasteiger charge is -2.37. The largest absolute Gasteiger partial charge is 0.312 e. The first-order valence-electron chi connectivity index (χ1n) is 7.36. The van der Waals surface area contributed by atoms with Crippen molar-refractivity contribution in [2.75, 3.05) is 39.8 Å². The highest BCUT2D eigenvalue weighted by Crippen LogP contribution is 2.19. The van der Waals surface area contributed by atoms with Crippen LogP contribution < -0.4 is 5.32 Å². The van der Waals surface area contributed by atoms with Crippen molar-refractivity contribution in [3.63, 3.8) is 0 Å². The van der Waals surface area contributed by atoms with Gasteiger partial charge in [-0.1, -0.05) is 13.8 Å². The number of hydrogen-bond donors (Lipinski definition) is 1. The first kappa shape index (κ1) is 13.3. The summed E-state index contributed by atoms with van der Waals surface area (Å²) in [6.45, 7) is 10.9. The lowest BCUT2D eigenvalue weighted by Crippen LogP contribution is -2.47. The second kappa shape index (κ2) is 6.17. The van der Waals surface area contributed by atoms with E-state index in [4.69, 9.17) is 0 Å². The van der Waals surface area contributed by atoms with Gasteiger partial charge in [-0.2, -0.15) is 0 Å². The quantitative estimate of drug-likeness (QED) is 0.800. The van der Waals surface area contributed by atoms with E-state index in [1.54, 1.807) is 0 Å². The summed E-state index contributed by atoms with van der Waals surface area (Å²) in [5.74, 6) is 0.855. The molecule has 2 fully saturated rings. The molecule has 0 radical (unpaired) electrons. The van der Waals surface area contributed by atoms with Gasteiger partial charge in [-0.05, 0) is 58.4 Å². The third-order valence-electron chi connectivity index (χ3n) is 4.81. The molecule has 0 aromatic carbocycles. The molecular formula is C14H29N3. The summed E-state index contributed by atoms with van der Waals surface area (Å²) in [6, 6.07) is 1.54. The maximum Gasteiger partial charge on any atom is 0.0221 e.